The van der Waals surface area contributed by atoms with E-state index >= 15 is 0 Å². The predicted octanol–water partition coefficient (Wildman–Crippen LogP) is 4.07. The van der Waals surface area contributed by atoms with E-state index in [0.29, 0.717) is 5.82 Å². The molecule has 0 saturated heterocycles. The number of hydrogen-bond donors (Lipinski definition) is 0. The molecule has 0 unspecified atom stereocenters. The summed E-state index contributed by atoms with van der Waals surface area (Å²) >= 11 is 1.53. The molecule has 5 nitrogen and oxygen atoms in total. The first-order valence-electron chi connectivity index (χ1n) is 7.50. The second-order valence-corrected chi connectivity index (χ2v) is 6.38. The van der Waals surface area contributed by atoms with Crippen molar-refractivity contribution in [3.63, 3.8) is 0 Å². The standard InChI is InChI=1S/C18H11N5S/c1-2-5-13-10-14(8-7-12(13)4-1)17-22-23-16(20-21-18(23)24-17)15-6-3-9-19-11-15/h1-11H. The van der Waals surface area contributed by atoms with Gasteiger partial charge in [-0.1, -0.05) is 47.7 Å². The van der Waals surface area contributed by atoms with Crippen LogP contribution in [0.15, 0.2) is 67.0 Å². The highest BCUT2D eigenvalue weighted by Crippen LogP contribution is 2.29. The molecule has 5 aromatic rings. The van der Waals surface area contributed by atoms with Crippen LogP contribution in [0, 0.1) is 0 Å². The molecule has 0 fully saturated rings. The van der Waals surface area contributed by atoms with Crippen molar-refractivity contribution in [3.8, 4) is 22.0 Å². The van der Waals surface area contributed by atoms with Crippen LogP contribution in [0.25, 0.3) is 37.7 Å². The van der Waals surface area contributed by atoms with E-state index in [1.54, 1.807) is 16.9 Å². The molecule has 2 aromatic carbocycles. The van der Waals surface area contributed by atoms with Gasteiger partial charge in [-0.3, -0.25) is 4.98 Å². The van der Waals surface area contributed by atoms with Gasteiger partial charge >= 0.3 is 0 Å². The van der Waals surface area contributed by atoms with E-state index in [-0.39, 0.29) is 0 Å². The highest BCUT2D eigenvalue weighted by Gasteiger charge is 2.14. The summed E-state index contributed by atoms with van der Waals surface area (Å²) in [5, 5.41) is 16.5. The van der Waals surface area contributed by atoms with Gasteiger partial charge in [0.25, 0.3) is 0 Å². The minimum absolute atomic E-state index is 0.710. The van der Waals surface area contributed by atoms with Gasteiger partial charge in [-0.15, -0.1) is 10.2 Å². The van der Waals surface area contributed by atoms with Crippen LogP contribution in [0.4, 0.5) is 0 Å². The van der Waals surface area contributed by atoms with Crippen LogP contribution < -0.4 is 0 Å². The van der Waals surface area contributed by atoms with E-state index in [1.165, 1.54) is 22.1 Å². The minimum Gasteiger partial charge on any atom is -0.264 e. The quantitative estimate of drug-likeness (QED) is 0.490. The Morgan fingerprint density at radius 1 is 0.833 bits per heavy atom. The van der Waals surface area contributed by atoms with Crippen LogP contribution in [0.5, 0.6) is 0 Å². The average Bonchev–Trinajstić information content (AvgIpc) is 3.23. The van der Waals surface area contributed by atoms with E-state index in [0.717, 1.165) is 21.1 Å². The van der Waals surface area contributed by atoms with Crippen molar-refractivity contribution in [2.24, 2.45) is 0 Å². The van der Waals surface area contributed by atoms with Crippen molar-refractivity contribution >= 4 is 27.1 Å². The van der Waals surface area contributed by atoms with E-state index < -0.39 is 0 Å². The molecule has 5 rings (SSSR count). The van der Waals surface area contributed by atoms with Gasteiger partial charge in [0.1, 0.15) is 5.01 Å². The number of benzene rings is 2. The van der Waals surface area contributed by atoms with E-state index in [4.69, 9.17) is 5.10 Å². The maximum Gasteiger partial charge on any atom is 0.235 e. The molecule has 0 radical (unpaired) electrons. The lowest BCUT2D eigenvalue weighted by Gasteiger charge is -2.00. The second-order valence-electron chi connectivity index (χ2n) is 5.43. The Kier molecular flexibility index (Phi) is 2.89. The summed E-state index contributed by atoms with van der Waals surface area (Å²) in [5.74, 6) is 0.710. The van der Waals surface area contributed by atoms with Crippen LogP contribution in [-0.2, 0) is 0 Å². The number of pyridine rings is 1. The molecule has 0 atom stereocenters. The maximum absolute atomic E-state index is 4.71. The molecule has 0 saturated carbocycles. The van der Waals surface area contributed by atoms with Crippen molar-refractivity contribution in [2.75, 3.05) is 0 Å². The van der Waals surface area contributed by atoms with Gasteiger partial charge in [0.05, 0.1) is 0 Å². The fourth-order valence-corrected chi connectivity index (χ4v) is 3.57. The first kappa shape index (κ1) is 13.3. The molecule has 0 aliphatic rings. The number of fused-ring (bicyclic) bond motifs is 2. The molecule has 0 amide bonds. The summed E-state index contributed by atoms with van der Waals surface area (Å²) < 4.78 is 1.78. The zero-order valence-electron chi connectivity index (χ0n) is 12.5. The van der Waals surface area contributed by atoms with Crippen LogP contribution in [-0.4, -0.2) is 24.8 Å². The molecule has 0 N–H and O–H groups in total. The van der Waals surface area contributed by atoms with Crippen LogP contribution >= 0.6 is 11.3 Å². The summed E-state index contributed by atoms with van der Waals surface area (Å²) in [5.41, 5.74) is 1.99. The second kappa shape index (κ2) is 5.21. The third-order valence-electron chi connectivity index (χ3n) is 3.91. The first-order valence-corrected chi connectivity index (χ1v) is 8.32. The highest BCUT2D eigenvalue weighted by atomic mass is 32.1. The van der Waals surface area contributed by atoms with Gasteiger partial charge < -0.3 is 0 Å². The molecule has 6 heteroatoms. The Morgan fingerprint density at radius 2 is 1.75 bits per heavy atom. The molecule has 0 aliphatic heterocycles. The lowest BCUT2D eigenvalue weighted by Crippen LogP contribution is -1.91. The summed E-state index contributed by atoms with van der Waals surface area (Å²) in [6.07, 6.45) is 3.51. The largest absolute Gasteiger partial charge is 0.264 e. The SMILES string of the molecule is c1cncc(-c2nnc3sc(-c4ccc5ccccc5c4)nn23)c1. The van der Waals surface area contributed by atoms with Crippen LogP contribution in [0.3, 0.4) is 0 Å². The maximum atomic E-state index is 4.71. The van der Waals surface area contributed by atoms with Crippen molar-refractivity contribution in [2.45, 2.75) is 0 Å². The molecule has 0 bridgehead atoms. The molecule has 0 spiro atoms. The van der Waals surface area contributed by atoms with E-state index in [2.05, 4.69) is 45.5 Å². The van der Waals surface area contributed by atoms with Gasteiger partial charge in [0.2, 0.25) is 4.96 Å². The fraction of sp³-hybridized carbons (Fsp3) is 0. The average molecular weight is 329 g/mol. The number of hydrogen-bond acceptors (Lipinski definition) is 5. The van der Waals surface area contributed by atoms with E-state index in [9.17, 15) is 0 Å². The zero-order chi connectivity index (χ0) is 15.9. The van der Waals surface area contributed by atoms with Crippen molar-refractivity contribution < 1.29 is 0 Å². The number of aromatic nitrogens is 5. The third-order valence-corrected chi connectivity index (χ3v) is 4.85. The van der Waals surface area contributed by atoms with Crippen LogP contribution in [0.2, 0.25) is 0 Å². The lowest BCUT2D eigenvalue weighted by atomic mass is 10.1. The summed E-state index contributed by atoms with van der Waals surface area (Å²) in [6, 6.07) is 18.5. The summed E-state index contributed by atoms with van der Waals surface area (Å²) in [7, 11) is 0. The monoisotopic (exact) mass is 329 g/mol. The Hall–Kier alpha value is -3.12. The number of nitrogens with zero attached hydrogens (tertiary/aromatic N) is 5. The molecule has 24 heavy (non-hydrogen) atoms. The summed E-state index contributed by atoms with van der Waals surface area (Å²) in [6.45, 7) is 0. The van der Waals surface area contributed by atoms with Crippen molar-refractivity contribution in [1.29, 1.82) is 0 Å². The molecule has 3 heterocycles. The van der Waals surface area contributed by atoms with Gasteiger partial charge in [-0.25, -0.2) is 0 Å². The number of rotatable bonds is 2. The Labute approximate surface area is 141 Å². The Balaban J connectivity index is 1.66. The van der Waals surface area contributed by atoms with Gasteiger partial charge in [0, 0.05) is 23.5 Å². The highest BCUT2D eigenvalue weighted by molar-refractivity contribution is 7.19. The fourth-order valence-electron chi connectivity index (χ4n) is 2.73. The molecule has 114 valence electrons. The van der Waals surface area contributed by atoms with Gasteiger partial charge in [0.15, 0.2) is 5.82 Å². The predicted molar refractivity (Wildman–Crippen MR) is 94.8 cm³/mol. The third kappa shape index (κ3) is 2.08. The zero-order valence-corrected chi connectivity index (χ0v) is 13.3. The van der Waals surface area contributed by atoms with Crippen molar-refractivity contribution in [1.82, 2.24) is 24.8 Å². The molecular formula is C18H11N5S. The van der Waals surface area contributed by atoms with Crippen molar-refractivity contribution in [3.05, 3.63) is 67.0 Å². The smallest absolute Gasteiger partial charge is 0.235 e. The lowest BCUT2D eigenvalue weighted by molar-refractivity contribution is 0.969. The molecule has 3 aromatic heterocycles. The van der Waals surface area contributed by atoms with Gasteiger partial charge in [-0.05, 0) is 29.0 Å². The minimum atomic E-state index is 0.710. The molecular weight excluding hydrogens is 318 g/mol. The first-order chi connectivity index (χ1) is 11.9. The molecule has 0 aliphatic carbocycles. The Morgan fingerprint density at radius 3 is 2.62 bits per heavy atom. The van der Waals surface area contributed by atoms with Gasteiger partial charge in [-0.2, -0.15) is 9.61 Å². The summed E-state index contributed by atoms with van der Waals surface area (Å²) in [4.78, 5) is 4.92. The normalized spacial score (nSPS) is 11.3. The topological polar surface area (TPSA) is 56.0 Å². The Bertz CT molecular complexity index is 1160. The van der Waals surface area contributed by atoms with Crippen LogP contribution in [0.1, 0.15) is 0 Å². The van der Waals surface area contributed by atoms with E-state index in [1.807, 2.05) is 24.3 Å².